The summed E-state index contributed by atoms with van der Waals surface area (Å²) in [5.41, 5.74) is 2.11. The summed E-state index contributed by atoms with van der Waals surface area (Å²) in [7, 11) is 0. The highest BCUT2D eigenvalue weighted by atomic mass is 32.2. The van der Waals surface area contributed by atoms with E-state index in [-0.39, 0.29) is 18.5 Å². The standard InChI is InChI=1S/C18H16N2O2S/c1-23-15-9-7-13(8-10-15)11-16-17(21)20(18(22)19-16)12-14-5-3-2-4-6-14/h2-11H,12H2,1H3,(H,19,22)/b16-11+. The van der Waals surface area contributed by atoms with Gasteiger partial charge in [0.15, 0.2) is 0 Å². The minimum absolute atomic E-state index is 0.272. The van der Waals surface area contributed by atoms with Gasteiger partial charge >= 0.3 is 6.03 Å². The smallest absolute Gasteiger partial charge is 0.303 e. The molecule has 23 heavy (non-hydrogen) atoms. The molecule has 1 saturated heterocycles. The first kappa shape index (κ1) is 15.4. The maximum atomic E-state index is 12.4. The van der Waals surface area contributed by atoms with Crippen molar-refractivity contribution in [3.8, 4) is 0 Å². The van der Waals surface area contributed by atoms with E-state index in [1.807, 2.05) is 60.9 Å². The van der Waals surface area contributed by atoms with Gasteiger partial charge in [0.1, 0.15) is 5.70 Å². The highest BCUT2D eigenvalue weighted by molar-refractivity contribution is 7.98. The molecule has 1 aliphatic heterocycles. The minimum Gasteiger partial charge on any atom is -0.303 e. The molecule has 0 aromatic heterocycles. The third-order valence-corrected chi connectivity index (χ3v) is 4.32. The van der Waals surface area contributed by atoms with E-state index in [9.17, 15) is 9.59 Å². The van der Waals surface area contributed by atoms with E-state index in [0.717, 1.165) is 16.0 Å². The van der Waals surface area contributed by atoms with Crippen LogP contribution in [0.15, 0.2) is 65.2 Å². The van der Waals surface area contributed by atoms with Crippen LogP contribution in [0.4, 0.5) is 4.79 Å². The van der Waals surface area contributed by atoms with E-state index in [4.69, 9.17) is 0 Å². The fourth-order valence-electron chi connectivity index (χ4n) is 2.35. The molecule has 3 amide bonds. The van der Waals surface area contributed by atoms with Crippen molar-refractivity contribution in [2.45, 2.75) is 11.4 Å². The molecule has 1 aliphatic rings. The first-order chi connectivity index (χ1) is 11.2. The maximum Gasteiger partial charge on any atom is 0.329 e. The summed E-state index contributed by atoms with van der Waals surface area (Å²) >= 11 is 1.66. The normalized spacial score (nSPS) is 16.0. The van der Waals surface area contributed by atoms with Gasteiger partial charge in [-0.1, -0.05) is 42.5 Å². The SMILES string of the molecule is CSc1ccc(/C=C2/NC(=O)N(Cc3ccccc3)C2=O)cc1. The van der Waals surface area contributed by atoms with Crippen LogP contribution < -0.4 is 5.32 Å². The molecule has 0 saturated carbocycles. The van der Waals surface area contributed by atoms with Crippen molar-refractivity contribution in [3.05, 3.63) is 71.4 Å². The van der Waals surface area contributed by atoms with E-state index in [1.165, 1.54) is 4.90 Å². The minimum atomic E-state index is -0.383. The fourth-order valence-corrected chi connectivity index (χ4v) is 2.76. The Bertz CT molecular complexity index is 754. The molecule has 0 atom stereocenters. The summed E-state index contributed by atoms with van der Waals surface area (Å²) in [6.45, 7) is 0.272. The van der Waals surface area contributed by atoms with Gasteiger partial charge in [-0.2, -0.15) is 0 Å². The van der Waals surface area contributed by atoms with E-state index < -0.39 is 0 Å². The molecule has 5 heteroatoms. The van der Waals surface area contributed by atoms with Gasteiger partial charge in [0, 0.05) is 4.90 Å². The number of carbonyl (C=O) groups is 2. The first-order valence-electron chi connectivity index (χ1n) is 7.20. The van der Waals surface area contributed by atoms with Crippen molar-refractivity contribution in [2.24, 2.45) is 0 Å². The van der Waals surface area contributed by atoms with Gasteiger partial charge in [-0.25, -0.2) is 4.79 Å². The van der Waals surface area contributed by atoms with E-state index in [0.29, 0.717) is 5.70 Å². The van der Waals surface area contributed by atoms with Crippen molar-refractivity contribution in [2.75, 3.05) is 6.26 Å². The lowest BCUT2D eigenvalue weighted by atomic mass is 10.2. The predicted molar refractivity (Wildman–Crippen MR) is 91.7 cm³/mol. The van der Waals surface area contributed by atoms with E-state index in [2.05, 4.69) is 5.32 Å². The second-order valence-corrected chi connectivity index (χ2v) is 6.02. The maximum absolute atomic E-state index is 12.4. The number of urea groups is 1. The molecule has 2 aromatic carbocycles. The lowest BCUT2D eigenvalue weighted by Gasteiger charge is -2.11. The lowest BCUT2D eigenvalue weighted by Crippen LogP contribution is -2.30. The van der Waals surface area contributed by atoms with Gasteiger partial charge in [0.25, 0.3) is 5.91 Å². The number of imide groups is 1. The second kappa shape index (κ2) is 6.71. The predicted octanol–water partition coefficient (Wildman–Crippen LogP) is 3.50. The molecule has 0 spiro atoms. The largest absolute Gasteiger partial charge is 0.329 e. The Labute approximate surface area is 139 Å². The van der Waals surface area contributed by atoms with Gasteiger partial charge in [-0.3, -0.25) is 9.69 Å². The number of rotatable bonds is 4. The van der Waals surface area contributed by atoms with E-state index in [1.54, 1.807) is 17.8 Å². The summed E-state index contributed by atoms with van der Waals surface area (Å²) in [5, 5.41) is 2.64. The molecular weight excluding hydrogens is 308 g/mol. The molecule has 4 nitrogen and oxygen atoms in total. The number of nitrogens with zero attached hydrogens (tertiary/aromatic N) is 1. The average Bonchev–Trinajstić information content (AvgIpc) is 2.84. The fraction of sp³-hybridized carbons (Fsp3) is 0.111. The first-order valence-corrected chi connectivity index (χ1v) is 8.42. The quantitative estimate of drug-likeness (QED) is 0.532. The number of hydrogen-bond donors (Lipinski definition) is 1. The third-order valence-electron chi connectivity index (χ3n) is 3.57. The number of nitrogens with one attached hydrogen (secondary N) is 1. The highest BCUT2D eigenvalue weighted by Crippen LogP contribution is 2.19. The second-order valence-electron chi connectivity index (χ2n) is 5.14. The molecule has 1 heterocycles. The molecule has 3 rings (SSSR count). The number of amides is 3. The van der Waals surface area contributed by atoms with Crippen molar-refractivity contribution in [3.63, 3.8) is 0 Å². The lowest BCUT2D eigenvalue weighted by molar-refractivity contribution is -0.123. The highest BCUT2D eigenvalue weighted by Gasteiger charge is 2.33. The van der Waals surface area contributed by atoms with Crippen LogP contribution in [0.25, 0.3) is 6.08 Å². The molecule has 2 aromatic rings. The average molecular weight is 324 g/mol. The van der Waals surface area contributed by atoms with Crippen LogP contribution >= 0.6 is 11.8 Å². The molecule has 1 N–H and O–H groups in total. The third kappa shape index (κ3) is 3.46. The summed E-state index contributed by atoms with van der Waals surface area (Å²) in [6, 6.07) is 16.9. The van der Waals surface area contributed by atoms with Crippen molar-refractivity contribution >= 4 is 29.8 Å². The van der Waals surface area contributed by atoms with Crippen molar-refractivity contribution < 1.29 is 9.59 Å². The summed E-state index contributed by atoms with van der Waals surface area (Å²) in [4.78, 5) is 26.8. The molecule has 0 aliphatic carbocycles. The van der Waals surface area contributed by atoms with Crippen molar-refractivity contribution in [1.82, 2.24) is 10.2 Å². The van der Waals surface area contributed by atoms with Crippen LogP contribution in [-0.4, -0.2) is 23.1 Å². The molecule has 0 radical (unpaired) electrons. The van der Waals surface area contributed by atoms with Gasteiger partial charge in [-0.15, -0.1) is 11.8 Å². The van der Waals surface area contributed by atoms with Crippen molar-refractivity contribution in [1.29, 1.82) is 0 Å². The van der Waals surface area contributed by atoms with Crippen LogP contribution in [0.3, 0.4) is 0 Å². The number of thioether (sulfide) groups is 1. The topological polar surface area (TPSA) is 49.4 Å². The zero-order chi connectivity index (χ0) is 16.2. The van der Waals surface area contributed by atoms with Crippen LogP contribution in [-0.2, 0) is 11.3 Å². The van der Waals surface area contributed by atoms with Crippen LogP contribution in [0.5, 0.6) is 0 Å². The Kier molecular flexibility index (Phi) is 4.48. The molecule has 0 bridgehead atoms. The van der Waals surface area contributed by atoms with Crippen LogP contribution in [0, 0.1) is 0 Å². The van der Waals surface area contributed by atoms with Gasteiger partial charge < -0.3 is 5.32 Å². The summed E-state index contributed by atoms with van der Waals surface area (Å²) in [6.07, 6.45) is 3.71. The molecule has 1 fully saturated rings. The zero-order valence-electron chi connectivity index (χ0n) is 12.7. The molecular formula is C18H16N2O2S. The Balaban J connectivity index is 1.78. The van der Waals surface area contributed by atoms with E-state index >= 15 is 0 Å². The van der Waals surface area contributed by atoms with Gasteiger partial charge in [0.2, 0.25) is 0 Å². The van der Waals surface area contributed by atoms with Crippen LogP contribution in [0.2, 0.25) is 0 Å². The monoisotopic (exact) mass is 324 g/mol. The number of carbonyl (C=O) groups excluding carboxylic acids is 2. The zero-order valence-corrected chi connectivity index (χ0v) is 13.5. The Morgan fingerprint density at radius 2 is 1.74 bits per heavy atom. The Morgan fingerprint density at radius 1 is 1.04 bits per heavy atom. The molecule has 116 valence electrons. The number of benzene rings is 2. The van der Waals surface area contributed by atoms with Gasteiger partial charge in [-0.05, 0) is 35.6 Å². The Morgan fingerprint density at radius 3 is 2.39 bits per heavy atom. The van der Waals surface area contributed by atoms with Crippen LogP contribution in [0.1, 0.15) is 11.1 Å². The summed E-state index contributed by atoms with van der Waals surface area (Å²) < 4.78 is 0. The molecule has 0 unspecified atom stereocenters. The van der Waals surface area contributed by atoms with Gasteiger partial charge in [0.05, 0.1) is 6.54 Å². The Hall–Kier alpha value is -2.53. The number of hydrogen-bond acceptors (Lipinski definition) is 3. The summed E-state index contributed by atoms with van der Waals surface area (Å²) in [5.74, 6) is -0.298.